The third-order valence-electron chi connectivity index (χ3n) is 4.21. The summed E-state index contributed by atoms with van der Waals surface area (Å²) in [5, 5.41) is 7.59. The fraction of sp³-hybridized carbons (Fsp3) is 0.263. The van der Waals surface area contributed by atoms with Crippen LogP contribution in [-0.4, -0.2) is 34.2 Å². The summed E-state index contributed by atoms with van der Waals surface area (Å²) in [6, 6.07) is 16.3. The van der Waals surface area contributed by atoms with E-state index in [1.54, 1.807) is 13.3 Å². The first-order chi connectivity index (χ1) is 11.7. The summed E-state index contributed by atoms with van der Waals surface area (Å²) in [5.74, 6) is 0.828. The van der Waals surface area contributed by atoms with Crippen LogP contribution in [0.15, 0.2) is 54.7 Å². The molecule has 0 aliphatic heterocycles. The average molecular weight is 322 g/mol. The van der Waals surface area contributed by atoms with Gasteiger partial charge in [-0.3, -0.25) is 15.0 Å². The second-order valence-corrected chi connectivity index (χ2v) is 5.85. The van der Waals surface area contributed by atoms with Crippen LogP contribution in [0, 0.1) is 0 Å². The van der Waals surface area contributed by atoms with Crippen molar-refractivity contribution in [3.63, 3.8) is 0 Å². The van der Waals surface area contributed by atoms with Crippen LogP contribution >= 0.6 is 0 Å². The standard InChI is InChI=1S/C19H22N4O/c1-14(23(2)13-16-11-17(24-3)9-10-20-16)18-12-19(22-21-18)15-7-5-4-6-8-15/h4-12,14H,13H2,1-3H3,(H,21,22)/t14-/m0/s1. The van der Waals surface area contributed by atoms with Gasteiger partial charge in [0.1, 0.15) is 5.75 Å². The van der Waals surface area contributed by atoms with Crippen LogP contribution in [0.25, 0.3) is 11.3 Å². The molecule has 124 valence electrons. The lowest BCUT2D eigenvalue weighted by atomic mass is 10.1. The maximum absolute atomic E-state index is 5.26. The highest BCUT2D eigenvalue weighted by molar-refractivity contribution is 5.59. The van der Waals surface area contributed by atoms with Gasteiger partial charge >= 0.3 is 0 Å². The van der Waals surface area contributed by atoms with Crippen LogP contribution in [0.4, 0.5) is 0 Å². The number of hydrogen-bond acceptors (Lipinski definition) is 4. The van der Waals surface area contributed by atoms with Gasteiger partial charge in [0.15, 0.2) is 0 Å². The van der Waals surface area contributed by atoms with E-state index in [9.17, 15) is 0 Å². The predicted molar refractivity (Wildman–Crippen MR) is 94.7 cm³/mol. The Balaban J connectivity index is 1.71. The van der Waals surface area contributed by atoms with Gasteiger partial charge in [-0.2, -0.15) is 5.10 Å². The molecule has 2 heterocycles. The summed E-state index contributed by atoms with van der Waals surface area (Å²) in [5.41, 5.74) is 4.14. The maximum atomic E-state index is 5.26. The van der Waals surface area contributed by atoms with Gasteiger partial charge in [-0.05, 0) is 26.1 Å². The molecule has 1 aromatic carbocycles. The quantitative estimate of drug-likeness (QED) is 0.752. The Morgan fingerprint density at radius 2 is 1.96 bits per heavy atom. The number of benzene rings is 1. The smallest absolute Gasteiger partial charge is 0.122 e. The van der Waals surface area contributed by atoms with E-state index >= 15 is 0 Å². The van der Waals surface area contributed by atoms with E-state index in [1.807, 2.05) is 30.3 Å². The van der Waals surface area contributed by atoms with Crippen molar-refractivity contribution in [3.05, 3.63) is 66.1 Å². The number of rotatable bonds is 6. The SMILES string of the molecule is COc1ccnc(CN(C)[C@@H](C)c2cc(-c3ccccc3)n[nH]2)c1. The molecule has 24 heavy (non-hydrogen) atoms. The number of aromatic amines is 1. The highest BCUT2D eigenvalue weighted by Gasteiger charge is 2.16. The zero-order valence-corrected chi connectivity index (χ0v) is 14.2. The molecule has 1 N–H and O–H groups in total. The van der Waals surface area contributed by atoms with Crippen LogP contribution in [0.2, 0.25) is 0 Å². The fourth-order valence-electron chi connectivity index (χ4n) is 2.61. The zero-order chi connectivity index (χ0) is 16.9. The Morgan fingerprint density at radius 3 is 2.71 bits per heavy atom. The molecule has 0 saturated heterocycles. The Labute approximate surface area is 142 Å². The Kier molecular flexibility index (Phi) is 4.91. The molecule has 0 unspecified atom stereocenters. The van der Waals surface area contributed by atoms with Gasteiger partial charge in [0.25, 0.3) is 0 Å². The molecule has 0 bridgehead atoms. The van der Waals surface area contributed by atoms with Crippen molar-refractivity contribution in [1.29, 1.82) is 0 Å². The largest absolute Gasteiger partial charge is 0.497 e. The van der Waals surface area contributed by atoms with E-state index in [1.165, 1.54) is 0 Å². The number of nitrogens with one attached hydrogen (secondary N) is 1. The molecule has 0 aliphatic rings. The first-order valence-electron chi connectivity index (χ1n) is 7.97. The molecular formula is C19H22N4O. The number of nitrogens with zero attached hydrogens (tertiary/aromatic N) is 3. The molecule has 0 amide bonds. The van der Waals surface area contributed by atoms with Crippen molar-refractivity contribution in [3.8, 4) is 17.0 Å². The van der Waals surface area contributed by atoms with Crippen molar-refractivity contribution in [2.24, 2.45) is 0 Å². The van der Waals surface area contributed by atoms with E-state index in [0.29, 0.717) is 0 Å². The number of ether oxygens (including phenoxy) is 1. The Morgan fingerprint density at radius 1 is 1.17 bits per heavy atom. The molecular weight excluding hydrogens is 300 g/mol. The Hall–Kier alpha value is -2.66. The van der Waals surface area contributed by atoms with Crippen molar-refractivity contribution in [1.82, 2.24) is 20.1 Å². The summed E-state index contributed by atoms with van der Waals surface area (Å²) in [4.78, 5) is 6.63. The monoisotopic (exact) mass is 322 g/mol. The molecule has 0 spiro atoms. The lowest BCUT2D eigenvalue weighted by Crippen LogP contribution is -2.22. The van der Waals surface area contributed by atoms with Crippen molar-refractivity contribution in [2.75, 3.05) is 14.2 Å². The Bertz CT molecular complexity index is 785. The van der Waals surface area contributed by atoms with Crippen LogP contribution in [0.3, 0.4) is 0 Å². The van der Waals surface area contributed by atoms with Gasteiger partial charge < -0.3 is 4.74 Å². The first-order valence-corrected chi connectivity index (χ1v) is 7.97. The minimum Gasteiger partial charge on any atom is -0.497 e. The average Bonchev–Trinajstić information content (AvgIpc) is 3.12. The summed E-state index contributed by atoms with van der Waals surface area (Å²) < 4.78 is 5.26. The van der Waals surface area contributed by atoms with E-state index in [2.05, 4.69) is 52.3 Å². The van der Waals surface area contributed by atoms with Gasteiger partial charge in [-0.1, -0.05) is 30.3 Å². The number of methoxy groups -OCH3 is 1. The lowest BCUT2D eigenvalue weighted by molar-refractivity contribution is 0.245. The number of hydrogen-bond donors (Lipinski definition) is 1. The minimum absolute atomic E-state index is 0.197. The van der Waals surface area contributed by atoms with Crippen LogP contribution in [0.1, 0.15) is 24.4 Å². The second-order valence-electron chi connectivity index (χ2n) is 5.85. The number of H-pyrrole nitrogens is 1. The maximum Gasteiger partial charge on any atom is 0.122 e. The molecule has 0 radical (unpaired) electrons. The topological polar surface area (TPSA) is 54.0 Å². The van der Waals surface area contributed by atoms with Crippen LogP contribution in [-0.2, 0) is 6.54 Å². The lowest BCUT2D eigenvalue weighted by Gasteiger charge is -2.23. The summed E-state index contributed by atoms with van der Waals surface area (Å²) in [6.07, 6.45) is 1.77. The number of pyridine rings is 1. The first kappa shape index (κ1) is 16.2. The van der Waals surface area contributed by atoms with Gasteiger partial charge in [-0.15, -0.1) is 0 Å². The molecule has 0 saturated carbocycles. The molecule has 0 fully saturated rings. The highest BCUT2D eigenvalue weighted by Crippen LogP contribution is 2.24. The van der Waals surface area contributed by atoms with Crippen molar-refractivity contribution < 1.29 is 4.74 Å². The van der Waals surface area contributed by atoms with E-state index in [-0.39, 0.29) is 6.04 Å². The van der Waals surface area contributed by atoms with Gasteiger partial charge in [0.2, 0.25) is 0 Å². The second kappa shape index (κ2) is 7.27. The minimum atomic E-state index is 0.197. The van der Waals surface area contributed by atoms with Gasteiger partial charge in [0.05, 0.1) is 24.2 Å². The molecule has 3 aromatic rings. The summed E-state index contributed by atoms with van der Waals surface area (Å²) in [7, 11) is 3.75. The van der Waals surface area contributed by atoms with Gasteiger partial charge in [0, 0.05) is 30.4 Å². The van der Waals surface area contributed by atoms with Crippen molar-refractivity contribution >= 4 is 0 Å². The van der Waals surface area contributed by atoms with Crippen LogP contribution < -0.4 is 4.74 Å². The highest BCUT2D eigenvalue weighted by atomic mass is 16.5. The van der Waals surface area contributed by atoms with E-state index < -0.39 is 0 Å². The third-order valence-corrected chi connectivity index (χ3v) is 4.21. The predicted octanol–water partition coefficient (Wildman–Crippen LogP) is 3.67. The zero-order valence-electron chi connectivity index (χ0n) is 14.2. The van der Waals surface area contributed by atoms with Crippen LogP contribution in [0.5, 0.6) is 5.75 Å². The molecule has 3 rings (SSSR count). The molecule has 5 heteroatoms. The normalized spacial score (nSPS) is 12.3. The fourth-order valence-corrected chi connectivity index (χ4v) is 2.61. The molecule has 2 aromatic heterocycles. The third kappa shape index (κ3) is 3.63. The van der Waals surface area contributed by atoms with Gasteiger partial charge in [-0.25, -0.2) is 0 Å². The summed E-state index contributed by atoms with van der Waals surface area (Å²) in [6.45, 7) is 2.89. The van der Waals surface area contributed by atoms with E-state index in [0.717, 1.165) is 34.9 Å². The molecule has 0 aliphatic carbocycles. The van der Waals surface area contributed by atoms with E-state index in [4.69, 9.17) is 4.74 Å². The summed E-state index contributed by atoms with van der Waals surface area (Å²) >= 11 is 0. The number of aromatic nitrogens is 3. The molecule has 1 atom stereocenters. The van der Waals surface area contributed by atoms with Crippen molar-refractivity contribution in [2.45, 2.75) is 19.5 Å². The molecule has 5 nitrogen and oxygen atoms in total.